The Kier molecular flexibility index (Phi) is 5.70. The lowest BCUT2D eigenvalue weighted by atomic mass is 10.1. The van der Waals surface area contributed by atoms with Crippen molar-refractivity contribution in [3.05, 3.63) is 30.1 Å². The van der Waals surface area contributed by atoms with Gasteiger partial charge in [-0.3, -0.25) is 5.10 Å². The van der Waals surface area contributed by atoms with E-state index in [1.807, 2.05) is 6.07 Å². The van der Waals surface area contributed by atoms with Crippen LogP contribution in [0.25, 0.3) is 11.4 Å². The van der Waals surface area contributed by atoms with Gasteiger partial charge in [0.1, 0.15) is 24.8 Å². The summed E-state index contributed by atoms with van der Waals surface area (Å²) in [7, 11) is 1.62. The van der Waals surface area contributed by atoms with Crippen LogP contribution in [0.3, 0.4) is 0 Å². The van der Waals surface area contributed by atoms with Crippen LogP contribution < -0.4 is 4.74 Å². The molecule has 0 atom stereocenters. The summed E-state index contributed by atoms with van der Waals surface area (Å²) in [5.74, 6) is 1.14. The van der Waals surface area contributed by atoms with Gasteiger partial charge in [0.25, 0.3) is 0 Å². The van der Waals surface area contributed by atoms with Crippen LogP contribution in [0.1, 0.15) is 5.56 Å². The topological polar surface area (TPSA) is 93.0 Å². The normalized spacial score (nSPS) is 10.3. The highest BCUT2D eigenvalue weighted by Gasteiger charge is 2.08. The van der Waals surface area contributed by atoms with Crippen molar-refractivity contribution < 1.29 is 14.2 Å². The van der Waals surface area contributed by atoms with Crippen molar-refractivity contribution in [2.45, 2.75) is 0 Å². The molecule has 0 saturated carbocycles. The summed E-state index contributed by atoms with van der Waals surface area (Å²) >= 11 is 0. The second-order valence-electron chi connectivity index (χ2n) is 4.11. The van der Waals surface area contributed by atoms with E-state index in [-0.39, 0.29) is 0 Å². The zero-order chi connectivity index (χ0) is 14.9. The van der Waals surface area contributed by atoms with Gasteiger partial charge in [0.05, 0.1) is 25.4 Å². The van der Waals surface area contributed by atoms with E-state index < -0.39 is 0 Å². The van der Waals surface area contributed by atoms with Gasteiger partial charge in [0, 0.05) is 12.7 Å². The fourth-order valence-corrected chi connectivity index (χ4v) is 1.69. The molecule has 0 saturated heterocycles. The lowest BCUT2D eigenvalue weighted by Gasteiger charge is -2.09. The fraction of sp³-hybridized carbons (Fsp3) is 0.357. The minimum absolute atomic E-state index is 0.375. The molecule has 21 heavy (non-hydrogen) atoms. The quantitative estimate of drug-likeness (QED) is 0.738. The first-order chi connectivity index (χ1) is 10.3. The number of aromatic amines is 1. The Hall–Kier alpha value is -2.43. The number of benzene rings is 1. The molecule has 0 radical (unpaired) electrons. The molecule has 1 aromatic heterocycles. The Morgan fingerprint density at radius 3 is 2.81 bits per heavy atom. The number of nitrogens with one attached hydrogen (secondary N) is 1. The molecule has 2 rings (SSSR count). The number of ether oxygens (including phenoxy) is 3. The SMILES string of the molecule is COCCOCCOc1ccc(-c2ncn[nH]2)cc1C#N. The van der Waals surface area contributed by atoms with Gasteiger partial charge in [-0.2, -0.15) is 10.4 Å². The Bertz CT molecular complexity index is 593. The second-order valence-corrected chi connectivity index (χ2v) is 4.11. The number of hydrogen-bond acceptors (Lipinski definition) is 6. The second kappa shape index (κ2) is 7.99. The van der Waals surface area contributed by atoms with Crippen molar-refractivity contribution in [3.8, 4) is 23.2 Å². The van der Waals surface area contributed by atoms with E-state index in [2.05, 4.69) is 21.3 Å². The average molecular weight is 288 g/mol. The molecule has 0 fully saturated rings. The Labute approximate surface area is 122 Å². The average Bonchev–Trinajstić information content (AvgIpc) is 3.05. The number of methoxy groups -OCH3 is 1. The van der Waals surface area contributed by atoms with Crippen LogP contribution in [0.4, 0.5) is 0 Å². The molecule has 0 bridgehead atoms. The van der Waals surface area contributed by atoms with Gasteiger partial charge in [0.15, 0.2) is 5.82 Å². The fourth-order valence-electron chi connectivity index (χ4n) is 1.69. The van der Waals surface area contributed by atoms with E-state index in [0.29, 0.717) is 43.6 Å². The van der Waals surface area contributed by atoms with Gasteiger partial charge in [-0.25, -0.2) is 4.98 Å². The van der Waals surface area contributed by atoms with Gasteiger partial charge in [0.2, 0.25) is 0 Å². The van der Waals surface area contributed by atoms with Gasteiger partial charge in [-0.15, -0.1) is 0 Å². The Morgan fingerprint density at radius 2 is 2.10 bits per heavy atom. The summed E-state index contributed by atoms with van der Waals surface area (Å²) < 4.78 is 15.7. The molecule has 2 aromatic rings. The lowest BCUT2D eigenvalue weighted by Crippen LogP contribution is -2.10. The molecular formula is C14H16N4O3. The van der Waals surface area contributed by atoms with Crippen molar-refractivity contribution >= 4 is 0 Å². The lowest BCUT2D eigenvalue weighted by molar-refractivity contribution is 0.0544. The summed E-state index contributed by atoms with van der Waals surface area (Å²) in [6, 6.07) is 7.38. The summed E-state index contributed by atoms with van der Waals surface area (Å²) in [6.45, 7) is 1.89. The number of rotatable bonds is 8. The van der Waals surface area contributed by atoms with Crippen molar-refractivity contribution in [2.75, 3.05) is 33.5 Å². The van der Waals surface area contributed by atoms with Crippen LogP contribution in [0.2, 0.25) is 0 Å². The van der Waals surface area contributed by atoms with Crippen molar-refractivity contribution in [2.24, 2.45) is 0 Å². The number of H-pyrrole nitrogens is 1. The molecule has 0 amide bonds. The van der Waals surface area contributed by atoms with E-state index in [9.17, 15) is 5.26 Å². The van der Waals surface area contributed by atoms with Crippen LogP contribution in [0, 0.1) is 11.3 Å². The van der Waals surface area contributed by atoms with Gasteiger partial charge >= 0.3 is 0 Å². The molecule has 0 aliphatic rings. The molecule has 0 unspecified atom stereocenters. The summed E-state index contributed by atoms with van der Waals surface area (Å²) in [6.07, 6.45) is 1.42. The highest BCUT2D eigenvalue weighted by atomic mass is 16.5. The molecule has 1 heterocycles. The summed E-state index contributed by atoms with van der Waals surface area (Å²) in [5.41, 5.74) is 1.23. The van der Waals surface area contributed by atoms with E-state index in [1.54, 1.807) is 19.2 Å². The third-order valence-electron chi connectivity index (χ3n) is 2.71. The largest absolute Gasteiger partial charge is 0.490 e. The predicted molar refractivity (Wildman–Crippen MR) is 74.7 cm³/mol. The highest BCUT2D eigenvalue weighted by molar-refractivity contribution is 5.60. The first-order valence-corrected chi connectivity index (χ1v) is 6.44. The maximum Gasteiger partial charge on any atom is 0.155 e. The molecule has 1 aromatic carbocycles. The van der Waals surface area contributed by atoms with Gasteiger partial charge < -0.3 is 14.2 Å². The van der Waals surface area contributed by atoms with E-state index in [1.165, 1.54) is 6.33 Å². The molecule has 0 aliphatic heterocycles. The maximum atomic E-state index is 9.19. The minimum atomic E-state index is 0.375. The number of aromatic nitrogens is 3. The van der Waals surface area contributed by atoms with Crippen LogP contribution >= 0.6 is 0 Å². The van der Waals surface area contributed by atoms with Crippen molar-refractivity contribution in [3.63, 3.8) is 0 Å². The maximum absolute atomic E-state index is 9.19. The van der Waals surface area contributed by atoms with E-state index >= 15 is 0 Å². The predicted octanol–water partition coefficient (Wildman–Crippen LogP) is 1.39. The first-order valence-electron chi connectivity index (χ1n) is 6.44. The molecule has 0 aliphatic carbocycles. The minimum Gasteiger partial charge on any atom is -0.490 e. The van der Waals surface area contributed by atoms with Crippen LogP contribution in [-0.2, 0) is 9.47 Å². The monoisotopic (exact) mass is 288 g/mol. The molecule has 7 nitrogen and oxygen atoms in total. The number of hydrogen-bond donors (Lipinski definition) is 1. The molecule has 0 spiro atoms. The van der Waals surface area contributed by atoms with E-state index in [4.69, 9.17) is 14.2 Å². The van der Waals surface area contributed by atoms with E-state index in [0.717, 1.165) is 5.56 Å². The Balaban J connectivity index is 1.93. The third kappa shape index (κ3) is 4.27. The zero-order valence-corrected chi connectivity index (χ0v) is 11.7. The summed E-state index contributed by atoms with van der Waals surface area (Å²) in [5, 5.41) is 15.7. The molecule has 110 valence electrons. The highest BCUT2D eigenvalue weighted by Crippen LogP contribution is 2.23. The van der Waals surface area contributed by atoms with Crippen LogP contribution in [0.5, 0.6) is 5.75 Å². The summed E-state index contributed by atoms with van der Waals surface area (Å²) in [4.78, 5) is 4.05. The van der Waals surface area contributed by atoms with Crippen LogP contribution in [0.15, 0.2) is 24.5 Å². The standard InChI is InChI=1S/C14H16N4O3/c1-19-4-5-20-6-7-21-13-3-2-11(8-12(13)9-15)14-16-10-17-18-14/h2-3,8,10H,4-7H2,1H3,(H,16,17,18). The number of nitrogens with zero attached hydrogens (tertiary/aromatic N) is 3. The third-order valence-corrected chi connectivity index (χ3v) is 2.71. The first kappa shape index (κ1) is 15.0. The zero-order valence-electron chi connectivity index (χ0n) is 11.7. The van der Waals surface area contributed by atoms with Crippen molar-refractivity contribution in [1.82, 2.24) is 15.2 Å². The molecule has 7 heteroatoms. The molecule has 1 N–H and O–H groups in total. The Morgan fingerprint density at radius 1 is 1.24 bits per heavy atom. The van der Waals surface area contributed by atoms with Crippen molar-refractivity contribution in [1.29, 1.82) is 5.26 Å². The van der Waals surface area contributed by atoms with Gasteiger partial charge in [-0.1, -0.05) is 0 Å². The van der Waals surface area contributed by atoms with Gasteiger partial charge in [-0.05, 0) is 18.2 Å². The number of nitriles is 1. The molecular weight excluding hydrogens is 272 g/mol. The van der Waals surface area contributed by atoms with Crippen LogP contribution in [-0.4, -0.2) is 48.7 Å². The smallest absolute Gasteiger partial charge is 0.155 e.